The predicted octanol–water partition coefficient (Wildman–Crippen LogP) is 0.258. The van der Waals surface area contributed by atoms with E-state index in [1.807, 2.05) is 0 Å². The second-order valence-electron chi connectivity index (χ2n) is 3.49. The van der Waals surface area contributed by atoms with E-state index in [1.54, 1.807) is 5.92 Å². The molecule has 0 aromatic heterocycles. The van der Waals surface area contributed by atoms with Crippen LogP contribution in [0.25, 0.3) is 0 Å². The molecule has 3 aliphatic rings. The maximum Gasteiger partial charge on any atom is 0.0218 e. The van der Waals surface area contributed by atoms with E-state index >= 15 is 0 Å². The van der Waals surface area contributed by atoms with Crippen LogP contribution < -0.4 is 5.32 Å². The summed E-state index contributed by atoms with van der Waals surface area (Å²) in [6.45, 7) is 3.60. The van der Waals surface area contributed by atoms with Crippen molar-refractivity contribution < 1.29 is 0 Å². The van der Waals surface area contributed by atoms with Crippen LogP contribution in [-0.2, 0) is 0 Å². The minimum Gasteiger partial charge on any atom is -0.315 e. The maximum absolute atomic E-state index is 3.46. The van der Waals surface area contributed by atoms with Crippen molar-refractivity contribution in [3.63, 3.8) is 0 Å². The number of hydrogen-bond acceptors (Lipinski definition) is 2. The van der Waals surface area contributed by atoms with Crippen molar-refractivity contribution >= 4 is 0 Å². The highest BCUT2D eigenvalue weighted by molar-refractivity contribution is 5.04. The Balaban J connectivity index is 2.07. The summed E-state index contributed by atoms with van der Waals surface area (Å²) < 4.78 is 0. The Hall–Kier alpha value is -0.0800. The van der Waals surface area contributed by atoms with Crippen LogP contribution in [0.1, 0.15) is 12.8 Å². The zero-order valence-electron chi connectivity index (χ0n) is 6.56. The summed E-state index contributed by atoms with van der Waals surface area (Å²) in [6, 6.07) is 0.811. The molecule has 10 heavy (non-hydrogen) atoms. The minimum absolute atomic E-state index is 0.811. The summed E-state index contributed by atoms with van der Waals surface area (Å²) in [5.74, 6) is 1.69. The molecule has 3 rings (SSSR count). The highest BCUT2D eigenvalue weighted by Gasteiger charge is 2.28. The molecule has 1 radical (unpaired) electrons. The SMILES string of the molecule is CN1C[C]2CCC1CNC2. The molecule has 2 bridgehead atoms. The Morgan fingerprint density at radius 3 is 3.30 bits per heavy atom. The quantitative estimate of drug-likeness (QED) is 0.518. The van der Waals surface area contributed by atoms with Gasteiger partial charge in [-0.2, -0.15) is 0 Å². The van der Waals surface area contributed by atoms with Gasteiger partial charge in [0.15, 0.2) is 0 Å². The van der Waals surface area contributed by atoms with Gasteiger partial charge in [-0.05, 0) is 19.9 Å². The van der Waals surface area contributed by atoms with Crippen LogP contribution in [0.2, 0.25) is 0 Å². The van der Waals surface area contributed by atoms with Crippen LogP contribution in [0, 0.1) is 5.92 Å². The number of nitrogens with zero attached hydrogens (tertiary/aromatic N) is 1. The number of likely N-dealkylation sites (N-methyl/N-ethyl adjacent to an activating group) is 1. The lowest BCUT2D eigenvalue weighted by Crippen LogP contribution is -2.40. The van der Waals surface area contributed by atoms with E-state index in [4.69, 9.17) is 0 Å². The molecule has 3 fully saturated rings. The van der Waals surface area contributed by atoms with Gasteiger partial charge in [-0.15, -0.1) is 0 Å². The molecule has 3 heterocycles. The van der Waals surface area contributed by atoms with Crippen molar-refractivity contribution in [2.75, 3.05) is 26.7 Å². The highest BCUT2D eigenvalue weighted by Crippen LogP contribution is 2.23. The zero-order valence-corrected chi connectivity index (χ0v) is 6.56. The van der Waals surface area contributed by atoms with E-state index < -0.39 is 0 Å². The fraction of sp³-hybridized carbons (Fsp3) is 0.875. The van der Waals surface area contributed by atoms with E-state index in [0.717, 1.165) is 6.04 Å². The largest absolute Gasteiger partial charge is 0.315 e. The molecule has 0 aliphatic carbocycles. The van der Waals surface area contributed by atoms with Gasteiger partial charge in [0.1, 0.15) is 0 Å². The average molecular weight is 139 g/mol. The van der Waals surface area contributed by atoms with E-state index in [-0.39, 0.29) is 0 Å². The monoisotopic (exact) mass is 139 g/mol. The standard InChI is InChI=1S/C8H15N2/c1-10-6-7-2-3-8(10)5-9-4-7/h8-9H,2-6H2,1H3. The first-order valence-corrected chi connectivity index (χ1v) is 4.11. The lowest BCUT2D eigenvalue weighted by molar-refractivity contribution is 0.219. The molecule has 0 amide bonds. The first kappa shape index (κ1) is 6.62. The first-order valence-electron chi connectivity index (χ1n) is 4.11. The molecule has 1 unspecified atom stereocenters. The summed E-state index contributed by atoms with van der Waals surface area (Å²) in [5, 5.41) is 3.46. The Morgan fingerprint density at radius 1 is 1.60 bits per heavy atom. The summed E-state index contributed by atoms with van der Waals surface area (Å²) in [7, 11) is 2.23. The lowest BCUT2D eigenvalue weighted by Gasteiger charge is -2.32. The highest BCUT2D eigenvalue weighted by atomic mass is 15.2. The molecular weight excluding hydrogens is 124 g/mol. The summed E-state index contributed by atoms with van der Waals surface area (Å²) in [5.41, 5.74) is 0. The third kappa shape index (κ3) is 1.06. The molecule has 2 heteroatoms. The third-order valence-corrected chi connectivity index (χ3v) is 2.68. The van der Waals surface area contributed by atoms with Crippen molar-refractivity contribution in [3.05, 3.63) is 5.92 Å². The molecule has 0 spiro atoms. The van der Waals surface area contributed by atoms with Gasteiger partial charge in [0.2, 0.25) is 0 Å². The molecule has 3 saturated heterocycles. The molecular formula is C8H15N2. The number of nitrogens with one attached hydrogen (secondary N) is 1. The fourth-order valence-corrected chi connectivity index (χ4v) is 1.97. The van der Waals surface area contributed by atoms with E-state index in [1.165, 1.54) is 32.5 Å². The van der Waals surface area contributed by atoms with Gasteiger partial charge in [-0.25, -0.2) is 0 Å². The smallest absolute Gasteiger partial charge is 0.0218 e. The first-order chi connectivity index (χ1) is 4.86. The van der Waals surface area contributed by atoms with Crippen LogP contribution in [0.3, 0.4) is 0 Å². The molecule has 1 atom stereocenters. The van der Waals surface area contributed by atoms with Gasteiger partial charge in [-0.1, -0.05) is 0 Å². The van der Waals surface area contributed by atoms with Crippen molar-refractivity contribution in [1.82, 2.24) is 10.2 Å². The molecule has 0 aromatic rings. The molecule has 1 N–H and O–H groups in total. The van der Waals surface area contributed by atoms with Gasteiger partial charge in [0.25, 0.3) is 0 Å². The van der Waals surface area contributed by atoms with Crippen LogP contribution in [0.15, 0.2) is 0 Å². The Bertz CT molecular complexity index is 120. The minimum atomic E-state index is 0.811. The second kappa shape index (κ2) is 2.51. The van der Waals surface area contributed by atoms with Crippen molar-refractivity contribution in [2.24, 2.45) is 0 Å². The summed E-state index contributed by atoms with van der Waals surface area (Å²) in [4.78, 5) is 2.47. The average Bonchev–Trinajstić information content (AvgIpc) is 2.20. The normalized spacial score (nSPS) is 36.3. The number of hydrogen-bond donors (Lipinski definition) is 1. The van der Waals surface area contributed by atoms with Crippen LogP contribution in [0.5, 0.6) is 0 Å². The van der Waals surface area contributed by atoms with Gasteiger partial charge >= 0.3 is 0 Å². The van der Waals surface area contributed by atoms with Gasteiger partial charge in [0, 0.05) is 31.6 Å². The lowest BCUT2D eigenvalue weighted by atomic mass is 9.96. The number of fused-ring (bicyclic) bond motifs is 4. The second-order valence-corrected chi connectivity index (χ2v) is 3.49. The molecule has 3 aliphatic heterocycles. The Labute approximate surface area is 62.6 Å². The van der Waals surface area contributed by atoms with Gasteiger partial charge in [0.05, 0.1) is 0 Å². The molecule has 0 saturated carbocycles. The third-order valence-electron chi connectivity index (χ3n) is 2.68. The Kier molecular flexibility index (Phi) is 1.66. The van der Waals surface area contributed by atoms with Crippen molar-refractivity contribution in [1.29, 1.82) is 0 Å². The van der Waals surface area contributed by atoms with Crippen LogP contribution in [-0.4, -0.2) is 37.6 Å². The van der Waals surface area contributed by atoms with Crippen molar-refractivity contribution in [3.8, 4) is 0 Å². The number of piperidine rings is 1. The Morgan fingerprint density at radius 2 is 2.50 bits per heavy atom. The summed E-state index contributed by atoms with van der Waals surface area (Å²) in [6.07, 6.45) is 2.74. The van der Waals surface area contributed by atoms with Crippen molar-refractivity contribution in [2.45, 2.75) is 18.9 Å². The summed E-state index contributed by atoms with van der Waals surface area (Å²) >= 11 is 0. The van der Waals surface area contributed by atoms with E-state index in [0.29, 0.717) is 0 Å². The number of rotatable bonds is 0. The predicted molar refractivity (Wildman–Crippen MR) is 41.8 cm³/mol. The zero-order chi connectivity index (χ0) is 6.97. The van der Waals surface area contributed by atoms with E-state index in [9.17, 15) is 0 Å². The fourth-order valence-electron chi connectivity index (χ4n) is 1.97. The van der Waals surface area contributed by atoms with Gasteiger partial charge in [-0.3, -0.25) is 0 Å². The van der Waals surface area contributed by atoms with Gasteiger partial charge < -0.3 is 10.2 Å². The van der Waals surface area contributed by atoms with E-state index in [2.05, 4.69) is 17.3 Å². The molecule has 57 valence electrons. The molecule has 2 nitrogen and oxygen atoms in total. The topological polar surface area (TPSA) is 15.3 Å². The maximum atomic E-state index is 3.46. The van der Waals surface area contributed by atoms with Crippen LogP contribution >= 0.6 is 0 Å². The molecule has 0 aromatic carbocycles. The van der Waals surface area contributed by atoms with Crippen LogP contribution in [0.4, 0.5) is 0 Å².